The van der Waals surface area contributed by atoms with Gasteiger partial charge in [-0.3, -0.25) is 0 Å². The van der Waals surface area contributed by atoms with Gasteiger partial charge < -0.3 is 9.72 Å². The summed E-state index contributed by atoms with van der Waals surface area (Å²) in [4.78, 5) is 16.0. The van der Waals surface area contributed by atoms with Crippen molar-refractivity contribution in [1.82, 2.24) is 4.98 Å². The van der Waals surface area contributed by atoms with E-state index in [0.717, 1.165) is 16.3 Å². The molecule has 0 spiro atoms. The minimum atomic E-state index is -0.268. The molecule has 2 aromatic rings. The Morgan fingerprint density at radius 3 is 3.00 bits per heavy atom. The molecule has 0 saturated carbocycles. The van der Waals surface area contributed by atoms with Crippen LogP contribution in [0.4, 0.5) is 0 Å². The van der Waals surface area contributed by atoms with E-state index in [-0.39, 0.29) is 5.97 Å². The number of nitrogens with one attached hydrogen (secondary N) is 1. The number of aryl methyl sites for hydroxylation is 1. The molecule has 3 nitrogen and oxygen atoms in total. The summed E-state index contributed by atoms with van der Waals surface area (Å²) < 4.78 is 5.03. The second kappa shape index (κ2) is 4.53. The van der Waals surface area contributed by atoms with Gasteiger partial charge in [-0.2, -0.15) is 0 Å². The molecule has 2 rings (SSSR count). The molecule has 0 aliphatic rings. The van der Waals surface area contributed by atoms with Crippen LogP contribution in [-0.2, 0) is 4.74 Å². The lowest BCUT2D eigenvalue weighted by Crippen LogP contribution is -2.04. The van der Waals surface area contributed by atoms with Crippen molar-refractivity contribution in [2.24, 2.45) is 0 Å². The van der Waals surface area contributed by atoms with Crippen LogP contribution < -0.4 is 0 Å². The molecule has 1 N–H and O–H groups in total. The summed E-state index contributed by atoms with van der Waals surface area (Å²) in [6.07, 6.45) is 0. The number of esters is 1. The van der Waals surface area contributed by atoms with Crippen molar-refractivity contribution >= 4 is 17.3 Å². The molecule has 0 aromatic carbocycles. The van der Waals surface area contributed by atoms with Crippen molar-refractivity contribution in [3.63, 3.8) is 0 Å². The van der Waals surface area contributed by atoms with Crippen molar-refractivity contribution in [2.45, 2.75) is 13.8 Å². The van der Waals surface area contributed by atoms with Gasteiger partial charge in [0.1, 0.15) is 0 Å². The van der Waals surface area contributed by atoms with Crippen LogP contribution in [-0.4, -0.2) is 17.6 Å². The molecule has 0 radical (unpaired) electrons. The Hall–Kier alpha value is -1.55. The molecule has 0 aliphatic carbocycles. The predicted molar refractivity (Wildman–Crippen MR) is 64.8 cm³/mol. The molecule has 2 heterocycles. The number of carbonyl (C=O) groups is 1. The van der Waals surface area contributed by atoms with E-state index in [0.29, 0.717) is 12.2 Å². The third-order valence-corrected chi connectivity index (χ3v) is 3.10. The lowest BCUT2D eigenvalue weighted by Gasteiger charge is -2.01. The van der Waals surface area contributed by atoms with Crippen LogP contribution in [0.2, 0.25) is 0 Å². The summed E-state index contributed by atoms with van der Waals surface area (Å²) in [7, 11) is 0. The SMILES string of the molecule is CCOC(=O)c1cc(C)[nH]c1-c1cccs1. The van der Waals surface area contributed by atoms with Crippen molar-refractivity contribution in [2.75, 3.05) is 6.61 Å². The molecule has 0 amide bonds. The largest absolute Gasteiger partial charge is 0.462 e. The fraction of sp³-hybridized carbons (Fsp3) is 0.250. The number of hydrogen-bond acceptors (Lipinski definition) is 3. The van der Waals surface area contributed by atoms with Gasteiger partial charge in [-0.05, 0) is 31.4 Å². The first-order valence-corrected chi connectivity index (χ1v) is 6.01. The van der Waals surface area contributed by atoms with Crippen LogP contribution in [0.25, 0.3) is 10.6 Å². The van der Waals surface area contributed by atoms with Crippen molar-refractivity contribution < 1.29 is 9.53 Å². The molecular weight excluding hydrogens is 222 g/mol. The van der Waals surface area contributed by atoms with Gasteiger partial charge in [0, 0.05) is 5.69 Å². The Morgan fingerprint density at radius 1 is 1.56 bits per heavy atom. The number of aromatic nitrogens is 1. The number of ether oxygens (including phenoxy) is 1. The lowest BCUT2D eigenvalue weighted by atomic mass is 10.2. The number of carbonyl (C=O) groups excluding carboxylic acids is 1. The highest BCUT2D eigenvalue weighted by molar-refractivity contribution is 7.13. The number of hydrogen-bond donors (Lipinski definition) is 1. The Labute approximate surface area is 98.1 Å². The average Bonchev–Trinajstić information content (AvgIpc) is 2.85. The van der Waals surface area contributed by atoms with Crippen LogP contribution in [0.3, 0.4) is 0 Å². The molecule has 0 unspecified atom stereocenters. The van der Waals surface area contributed by atoms with Crippen molar-refractivity contribution in [3.8, 4) is 10.6 Å². The van der Waals surface area contributed by atoms with Crippen LogP contribution in [0.1, 0.15) is 23.0 Å². The van der Waals surface area contributed by atoms with E-state index >= 15 is 0 Å². The Bertz CT molecular complexity index is 485. The molecule has 16 heavy (non-hydrogen) atoms. The summed E-state index contributed by atoms with van der Waals surface area (Å²) in [5, 5.41) is 1.99. The second-order valence-electron chi connectivity index (χ2n) is 3.44. The summed E-state index contributed by atoms with van der Waals surface area (Å²) in [6.45, 7) is 4.13. The van der Waals surface area contributed by atoms with Gasteiger partial charge in [0.05, 0.1) is 22.7 Å². The van der Waals surface area contributed by atoms with E-state index in [1.54, 1.807) is 11.3 Å². The van der Waals surface area contributed by atoms with E-state index in [1.807, 2.05) is 37.4 Å². The standard InChI is InChI=1S/C12H13NO2S/c1-3-15-12(14)9-7-8(2)13-11(9)10-5-4-6-16-10/h4-7,13H,3H2,1-2H3. The van der Waals surface area contributed by atoms with E-state index in [1.165, 1.54) is 0 Å². The molecule has 0 atom stereocenters. The highest BCUT2D eigenvalue weighted by Crippen LogP contribution is 2.28. The van der Waals surface area contributed by atoms with Gasteiger partial charge in [0.2, 0.25) is 0 Å². The summed E-state index contributed by atoms with van der Waals surface area (Å²) in [5.74, 6) is -0.268. The molecule has 84 valence electrons. The van der Waals surface area contributed by atoms with Gasteiger partial charge in [-0.25, -0.2) is 4.79 Å². The van der Waals surface area contributed by atoms with Gasteiger partial charge in [0.25, 0.3) is 0 Å². The first-order valence-electron chi connectivity index (χ1n) is 5.13. The molecular formula is C12H13NO2S. The van der Waals surface area contributed by atoms with Crippen molar-refractivity contribution in [1.29, 1.82) is 0 Å². The number of aromatic amines is 1. The van der Waals surface area contributed by atoms with Crippen LogP contribution in [0.5, 0.6) is 0 Å². The molecule has 0 aliphatic heterocycles. The number of thiophene rings is 1. The molecule has 2 aromatic heterocycles. The molecule has 0 bridgehead atoms. The number of rotatable bonds is 3. The summed E-state index contributed by atoms with van der Waals surface area (Å²) >= 11 is 1.60. The summed E-state index contributed by atoms with van der Waals surface area (Å²) in [6, 6.07) is 5.77. The fourth-order valence-electron chi connectivity index (χ4n) is 1.57. The Balaban J connectivity index is 2.42. The van der Waals surface area contributed by atoms with E-state index in [4.69, 9.17) is 4.74 Å². The van der Waals surface area contributed by atoms with Gasteiger partial charge in [0.15, 0.2) is 0 Å². The fourth-order valence-corrected chi connectivity index (χ4v) is 2.31. The highest BCUT2D eigenvalue weighted by atomic mass is 32.1. The zero-order valence-corrected chi connectivity index (χ0v) is 10.1. The molecule has 0 saturated heterocycles. The Kier molecular flexibility index (Phi) is 3.10. The topological polar surface area (TPSA) is 42.1 Å². The molecule has 0 fully saturated rings. The first-order chi connectivity index (χ1) is 7.72. The Morgan fingerprint density at radius 2 is 2.38 bits per heavy atom. The number of H-pyrrole nitrogens is 1. The third kappa shape index (κ3) is 2.02. The van der Waals surface area contributed by atoms with E-state index in [9.17, 15) is 4.79 Å². The van der Waals surface area contributed by atoms with Crippen molar-refractivity contribution in [3.05, 3.63) is 34.8 Å². The maximum absolute atomic E-state index is 11.7. The van der Waals surface area contributed by atoms with Gasteiger partial charge in [-0.15, -0.1) is 11.3 Å². The van der Waals surface area contributed by atoms with Crippen LogP contribution in [0.15, 0.2) is 23.6 Å². The monoisotopic (exact) mass is 235 g/mol. The van der Waals surface area contributed by atoms with Gasteiger partial charge in [-0.1, -0.05) is 6.07 Å². The minimum absolute atomic E-state index is 0.268. The zero-order valence-electron chi connectivity index (χ0n) is 9.24. The smallest absolute Gasteiger partial charge is 0.340 e. The third-order valence-electron chi connectivity index (χ3n) is 2.22. The zero-order chi connectivity index (χ0) is 11.5. The van der Waals surface area contributed by atoms with Gasteiger partial charge >= 0.3 is 5.97 Å². The second-order valence-corrected chi connectivity index (χ2v) is 4.39. The average molecular weight is 235 g/mol. The lowest BCUT2D eigenvalue weighted by molar-refractivity contribution is 0.0527. The quantitative estimate of drug-likeness (QED) is 0.830. The predicted octanol–water partition coefficient (Wildman–Crippen LogP) is 3.23. The normalized spacial score (nSPS) is 10.4. The maximum Gasteiger partial charge on any atom is 0.340 e. The van der Waals surface area contributed by atoms with E-state index < -0.39 is 0 Å². The minimum Gasteiger partial charge on any atom is -0.462 e. The van der Waals surface area contributed by atoms with E-state index in [2.05, 4.69) is 4.98 Å². The van der Waals surface area contributed by atoms with Crippen LogP contribution in [0, 0.1) is 6.92 Å². The first kappa shape index (κ1) is 11.0. The van der Waals surface area contributed by atoms with Crippen LogP contribution >= 0.6 is 11.3 Å². The summed E-state index contributed by atoms with van der Waals surface area (Å²) in [5.41, 5.74) is 2.43. The molecule has 4 heteroatoms. The highest BCUT2D eigenvalue weighted by Gasteiger charge is 2.16. The maximum atomic E-state index is 11.7.